The van der Waals surface area contributed by atoms with Crippen LogP contribution in [0.15, 0.2) is 0 Å². The van der Waals surface area contributed by atoms with Crippen LogP contribution in [-0.4, -0.2) is 28.2 Å². The van der Waals surface area contributed by atoms with Gasteiger partial charge in [0, 0.05) is 11.3 Å². The zero-order valence-electron chi connectivity index (χ0n) is 9.97. The van der Waals surface area contributed by atoms with Gasteiger partial charge in [-0.15, -0.1) is 0 Å². The number of nitrogens with one attached hydrogen (secondary N) is 1. The summed E-state index contributed by atoms with van der Waals surface area (Å²) in [5.41, 5.74) is -2.16. The van der Waals surface area contributed by atoms with Gasteiger partial charge in [0.15, 0.2) is 0 Å². The van der Waals surface area contributed by atoms with Gasteiger partial charge >= 0.3 is 23.9 Å². The summed E-state index contributed by atoms with van der Waals surface area (Å²) in [7, 11) is 0. The van der Waals surface area contributed by atoms with Crippen LogP contribution in [0.3, 0.4) is 0 Å². The Morgan fingerprint density at radius 2 is 1.38 bits per heavy atom. The number of aromatic amines is 1. The fourth-order valence-corrected chi connectivity index (χ4v) is 2.10. The maximum absolute atomic E-state index is 13.6. The van der Waals surface area contributed by atoms with Crippen molar-refractivity contribution in [2.75, 3.05) is 0 Å². The van der Waals surface area contributed by atoms with E-state index in [-0.39, 0.29) is 25.0 Å². The zero-order valence-corrected chi connectivity index (χ0v) is 9.97. The first kappa shape index (κ1) is 16.0. The van der Waals surface area contributed by atoms with Gasteiger partial charge < -0.3 is 0 Å². The third kappa shape index (κ3) is 2.00. The maximum atomic E-state index is 13.6. The van der Waals surface area contributed by atoms with E-state index in [1.807, 2.05) is 5.10 Å². The molecule has 0 saturated heterocycles. The summed E-state index contributed by atoms with van der Waals surface area (Å²) < 4.78 is 115. The number of halogens is 9. The number of aryl methyl sites for hydroxylation is 1. The molecule has 0 radical (unpaired) electrons. The lowest BCUT2D eigenvalue weighted by Crippen LogP contribution is -2.59. The molecule has 21 heavy (non-hydrogen) atoms. The minimum absolute atomic E-state index is 0.0378. The molecule has 1 N–H and O–H groups in total. The van der Waals surface area contributed by atoms with Gasteiger partial charge in [0.1, 0.15) is 5.69 Å². The Bertz CT molecular complexity index is 543. The molecule has 1 aromatic rings. The summed E-state index contributed by atoms with van der Waals surface area (Å²) in [5.74, 6) is -19.3. The fourth-order valence-electron chi connectivity index (χ4n) is 2.10. The highest BCUT2D eigenvalue weighted by Crippen LogP contribution is 2.57. The largest absolute Gasteiger partial charge is 0.460 e. The van der Waals surface area contributed by atoms with Crippen LogP contribution in [0.25, 0.3) is 0 Å². The van der Waals surface area contributed by atoms with Crippen LogP contribution in [0.1, 0.15) is 23.4 Å². The zero-order chi connectivity index (χ0) is 16.3. The summed E-state index contributed by atoms with van der Waals surface area (Å²) in [6, 6.07) is 0. The van der Waals surface area contributed by atoms with E-state index in [0.29, 0.717) is 0 Å². The summed E-state index contributed by atoms with van der Waals surface area (Å²) in [4.78, 5) is 0. The molecule has 1 aliphatic rings. The number of rotatable bonds is 3. The highest BCUT2D eigenvalue weighted by molar-refractivity contribution is 5.34. The molecule has 0 amide bonds. The van der Waals surface area contributed by atoms with E-state index in [2.05, 4.69) is 5.10 Å². The van der Waals surface area contributed by atoms with Crippen molar-refractivity contribution in [3.05, 3.63) is 17.0 Å². The number of alkyl halides is 9. The number of hydrogen-bond acceptors (Lipinski definition) is 1. The minimum Gasteiger partial charge on any atom is -0.282 e. The van der Waals surface area contributed by atoms with E-state index in [4.69, 9.17) is 0 Å². The average Bonchev–Trinajstić information content (AvgIpc) is 2.87. The number of hydrogen-bond donors (Lipinski definition) is 1. The van der Waals surface area contributed by atoms with E-state index in [1.165, 1.54) is 0 Å². The monoisotopic (exact) mass is 326 g/mol. The van der Waals surface area contributed by atoms with Crippen LogP contribution < -0.4 is 0 Å². The number of H-pyrrole nitrogens is 1. The van der Waals surface area contributed by atoms with Crippen LogP contribution in [-0.2, 0) is 18.8 Å². The van der Waals surface area contributed by atoms with Crippen molar-refractivity contribution < 1.29 is 39.5 Å². The second-order valence-electron chi connectivity index (χ2n) is 4.60. The molecule has 2 nitrogen and oxygen atoms in total. The Labute approximate surface area is 111 Å². The van der Waals surface area contributed by atoms with E-state index in [1.54, 1.807) is 0 Å². The third-order valence-corrected chi connectivity index (χ3v) is 3.25. The molecule has 0 saturated carbocycles. The molecule has 11 heteroatoms. The van der Waals surface area contributed by atoms with Crippen molar-refractivity contribution in [2.24, 2.45) is 0 Å². The first-order valence-corrected chi connectivity index (χ1v) is 5.61. The Hall–Kier alpha value is -1.42. The second-order valence-corrected chi connectivity index (χ2v) is 4.60. The average molecular weight is 326 g/mol. The lowest BCUT2D eigenvalue weighted by Gasteiger charge is -2.33. The third-order valence-electron chi connectivity index (χ3n) is 3.25. The molecule has 2 rings (SSSR count). The lowest BCUT2D eigenvalue weighted by atomic mass is 9.98. The predicted octanol–water partition coefficient (Wildman–Crippen LogP) is 3.82. The highest BCUT2D eigenvalue weighted by atomic mass is 19.4. The van der Waals surface area contributed by atoms with Gasteiger partial charge in [0.05, 0.1) is 0 Å². The van der Waals surface area contributed by atoms with Crippen LogP contribution >= 0.6 is 0 Å². The van der Waals surface area contributed by atoms with Gasteiger partial charge in [-0.1, -0.05) is 0 Å². The van der Waals surface area contributed by atoms with Crippen molar-refractivity contribution in [2.45, 2.75) is 43.2 Å². The smallest absolute Gasteiger partial charge is 0.282 e. The molecule has 0 fully saturated rings. The summed E-state index contributed by atoms with van der Waals surface area (Å²) >= 11 is 0. The van der Waals surface area contributed by atoms with Crippen molar-refractivity contribution in [3.8, 4) is 0 Å². The van der Waals surface area contributed by atoms with Gasteiger partial charge in [-0.3, -0.25) is 5.10 Å². The van der Waals surface area contributed by atoms with Crippen LogP contribution in [0, 0.1) is 0 Å². The Kier molecular flexibility index (Phi) is 3.26. The SMILES string of the molecule is FC(F)(F)C(F)(F)C(F)(F)C(F)(F)c1n[nH]c2c1CCC2. The molecule has 1 aromatic heterocycles. The fraction of sp³-hybridized carbons (Fsp3) is 0.700. The van der Waals surface area contributed by atoms with E-state index in [9.17, 15) is 39.5 Å². The van der Waals surface area contributed by atoms with Crippen molar-refractivity contribution >= 4 is 0 Å². The molecule has 120 valence electrons. The number of nitrogens with zero attached hydrogens (tertiary/aromatic N) is 1. The second kappa shape index (κ2) is 4.29. The van der Waals surface area contributed by atoms with Gasteiger partial charge in [-0.05, 0) is 19.3 Å². The molecule has 0 unspecified atom stereocenters. The lowest BCUT2D eigenvalue weighted by molar-refractivity contribution is -0.400. The highest BCUT2D eigenvalue weighted by Gasteiger charge is 2.82. The molecule has 0 aromatic carbocycles. The Morgan fingerprint density at radius 1 is 0.810 bits per heavy atom. The van der Waals surface area contributed by atoms with Gasteiger partial charge in [0.2, 0.25) is 0 Å². The standard InChI is InChI=1S/C10H7F9N2/c11-7(12,6-4-2-1-3-5(4)20-21-6)8(13,14)9(15,16)10(17,18)19/h1-3H2,(H,20,21). The quantitative estimate of drug-likeness (QED) is 0.841. The molecule has 0 atom stereocenters. The molecule has 0 spiro atoms. The Morgan fingerprint density at radius 3 is 1.90 bits per heavy atom. The summed E-state index contributed by atoms with van der Waals surface area (Å²) in [5, 5.41) is 4.78. The topological polar surface area (TPSA) is 28.7 Å². The van der Waals surface area contributed by atoms with Crippen molar-refractivity contribution in [3.63, 3.8) is 0 Å². The first-order valence-electron chi connectivity index (χ1n) is 5.61. The minimum atomic E-state index is -6.89. The van der Waals surface area contributed by atoms with E-state index in [0.717, 1.165) is 0 Å². The summed E-state index contributed by atoms with van der Waals surface area (Å²) in [6.45, 7) is 0. The molecule has 1 aliphatic carbocycles. The Balaban J connectivity index is 2.51. The number of aromatic nitrogens is 2. The summed E-state index contributed by atoms with van der Waals surface area (Å²) in [6.07, 6.45) is -6.50. The van der Waals surface area contributed by atoms with Gasteiger partial charge in [-0.25, -0.2) is 0 Å². The van der Waals surface area contributed by atoms with Crippen molar-refractivity contribution in [1.82, 2.24) is 10.2 Å². The van der Waals surface area contributed by atoms with Crippen LogP contribution in [0.2, 0.25) is 0 Å². The van der Waals surface area contributed by atoms with Crippen LogP contribution in [0.5, 0.6) is 0 Å². The molecular formula is C10H7F9N2. The number of fused-ring (bicyclic) bond motifs is 1. The van der Waals surface area contributed by atoms with Crippen molar-refractivity contribution in [1.29, 1.82) is 0 Å². The normalized spacial score (nSPS) is 17.2. The van der Waals surface area contributed by atoms with Crippen LogP contribution in [0.4, 0.5) is 39.5 Å². The molecular weight excluding hydrogens is 319 g/mol. The van der Waals surface area contributed by atoms with Gasteiger partial charge in [-0.2, -0.15) is 44.6 Å². The van der Waals surface area contributed by atoms with Gasteiger partial charge in [0.25, 0.3) is 0 Å². The molecule has 0 aliphatic heterocycles. The molecule has 1 heterocycles. The van der Waals surface area contributed by atoms with E-state index < -0.39 is 35.2 Å². The predicted molar refractivity (Wildman–Crippen MR) is 50.5 cm³/mol. The molecule has 0 bridgehead atoms. The maximum Gasteiger partial charge on any atom is 0.460 e. The van der Waals surface area contributed by atoms with E-state index >= 15 is 0 Å². The first-order chi connectivity index (χ1) is 9.34.